The van der Waals surface area contributed by atoms with Crippen LogP contribution < -0.4 is 0 Å². The number of nitrogens with zero attached hydrogens (tertiary/aromatic N) is 4. The molecular formula is C21H21ClN4O4. The number of carbonyl (C=O) groups excluding carboxylic acids is 1. The number of nitro benzene ring substituents is 1. The zero-order valence-corrected chi connectivity index (χ0v) is 17.4. The molecule has 0 aliphatic heterocycles. The highest BCUT2D eigenvalue weighted by Crippen LogP contribution is 2.20. The fraction of sp³-hybridized carbons (Fsp3) is 0.286. The van der Waals surface area contributed by atoms with Crippen molar-refractivity contribution in [1.82, 2.24) is 15.0 Å². The molecule has 3 aromatic rings. The fourth-order valence-corrected chi connectivity index (χ4v) is 3.08. The van der Waals surface area contributed by atoms with Crippen molar-refractivity contribution >= 4 is 23.2 Å². The van der Waals surface area contributed by atoms with Gasteiger partial charge >= 0.3 is 0 Å². The standard InChI is InChI=1S/C21H21ClN4O4/c1-3-14(2)25(21(27)16-5-4-6-18(13-16)26(28)29)12-11-19-23-20(24-30-19)15-7-9-17(22)10-8-15/h4-10,13-14H,3,11-12H2,1-2H3/t14-/m0/s1. The molecule has 30 heavy (non-hydrogen) atoms. The van der Waals surface area contributed by atoms with Gasteiger partial charge in [0.2, 0.25) is 11.7 Å². The molecule has 0 fully saturated rings. The number of aromatic nitrogens is 2. The molecule has 3 rings (SSSR count). The average Bonchev–Trinajstić information content (AvgIpc) is 3.23. The molecule has 1 atom stereocenters. The van der Waals surface area contributed by atoms with E-state index in [-0.39, 0.29) is 23.2 Å². The zero-order chi connectivity index (χ0) is 21.7. The van der Waals surface area contributed by atoms with Crippen molar-refractivity contribution in [1.29, 1.82) is 0 Å². The maximum atomic E-state index is 13.0. The van der Waals surface area contributed by atoms with Gasteiger partial charge in [-0.05, 0) is 43.7 Å². The van der Waals surface area contributed by atoms with Crippen LogP contribution in [0.2, 0.25) is 5.02 Å². The molecule has 0 radical (unpaired) electrons. The number of nitro groups is 1. The second-order valence-electron chi connectivity index (χ2n) is 6.83. The van der Waals surface area contributed by atoms with Gasteiger partial charge in [0.15, 0.2) is 0 Å². The Labute approximate surface area is 178 Å². The molecule has 2 aromatic carbocycles. The van der Waals surface area contributed by atoms with E-state index in [1.54, 1.807) is 35.2 Å². The summed E-state index contributed by atoms with van der Waals surface area (Å²) in [6.07, 6.45) is 1.10. The smallest absolute Gasteiger partial charge is 0.270 e. The first kappa shape index (κ1) is 21.4. The van der Waals surface area contributed by atoms with E-state index in [1.807, 2.05) is 13.8 Å². The summed E-state index contributed by atoms with van der Waals surface area (Å²) in [6, 6.07) is 12.8. The van der Waals surface area contributed by atoms with Crippen LogP contribution in [0.25, 0.3) is 11.4 Å². The van der Waals surface area contributed by atoms with Crippen molar-refractivity contribution < 1.29 is 14.2 Å². The molecule has 0 spiro atoms. The fourth-order valence-electron chi connectivity index (χ4n) is 2.95. The monoisotopic (exact) mass is 428 g/mol. The van der Waals surface area contributed by atoms with Crippen molar-refractivity contribution in [3.05, 3.63) is 75.1 Å². The summed E-state index contributed by atoms with van der Waals surface area (Å²) in [5, 5.41) is 15.6. The van der Waals surface area contributed by atoms with Gasteiger partial charge in [-0.3, -0.25) is 14.9 Å². The summed E-state index contributed by atoms with van der Waals surface area (Å²) in [5.41, 5.74) is 0.937. The molecule has 1 heterocycles. The molecular weight excluding hydrogens is 408 g/mol. The van der Waals surface area contributed by atoms with Gasteiger partial charge in [0.25, 0.3) is 11.6 Å². The Hall–Kier alpha value is -3.26. The maximum Gasteiger partial charge on any atom is 0.270 e. The molecule has 156 valence electrons. The average molecular weight is 429 g/mol. The van der Waals surface area contributed by atoms with Gasteiger partial charge < -0.3 is 9.42 Å². The quantitative estimate of drug-likeness (QED) is 0.377. The number of halogens is 1. The normalized spacial score (nSPS) is 11.8. The highest BCUT2D eigenvalue weighted by atomic mass is 35.5. The summed E-state index contributed by atoms with van der Waals surface area (Å²) in [4.78, 5) is 29.6. The Kier molecular flexibility index (Phi) is 6.79. The van der Waals surface area contributed by atoms with Gasteiger partial charge in [0, 0.05) is 47.3 Å². The summed E-state index contributed by atoms with van der Waals surface area (Å²) >= 11 is 5.90. The maximum absolute atomic E-state index is 13.0. The molecule has 0 bridgehead atoms. The summed E-state index contributed by atoms with van der Waals surface area (Å²) in [6.45, 7) is 4.25. The Bertz CT molecular complexity index is 1040. The minimum Gasteiger partial charge on any atom is -0.339 e. The van der Waals surface area contributed by atoms with Crippen molar-refractivity contribution in [2.24, 2.45) is 0 Å². The predicted molar refractivity (Wildman–Crippen MR) is 112 cm³/mol. The Morgan fingerprint density at radius 1 is 1.27 bits per heavy atom. The lowest BCUT2D eigenvalue weighted by molar-refractivity contribution is -0.384. The summed E-state index contributed by atoms with van der Waals surface area (Å²) in [7, 11) is 0. The highest BCUT2D eigenvalue weighted by molar-refractivity contribution is 6.30. The Morgan fingerprint density at radius 3 is 2.67 bits per heavy atom. The van der Waals surface area contributed by atoms with E-state index < -0.39 is 4.92 Å². The van der Waals surface area contributed by atoms with E-state index in [1.165, 1.54) is 18.2 Å². The summed E-state index contributed by atoms with van der Waals surface area (Å²) < 4.78 is 5.33. The van der Waals surface area contributed by atoms with Crippen LogP contribution in [0.3, 0.4) is 0 Å². The van der Waals surface area contributed by atoms with Crippen molar-refractivity contribution in [2.75, 3.05) is 6.54 Å². The Balaban J connectivity index is 1.74. The first-order valence-electron chi connectivity index (χ1n) is 9.53. The molecule has 1 amide bonds. The number of benzene rings is 2. The van der Waals surface area contributed by atoms with Crippen LogP contribution in [-0.2, 0) is 6.42 Å². The third kappa shape index (κ3) is 5.01. The topological polar surface area (TPSA) is 102 Å². The molecule has 0 saturated heterocycles. The van der Waals surface area contributed by atoms with Crippen LogP contribution in [0, 0.1) is 10.1 Å². The van der Waals surface area contributed by atoms with E-state index in [0.29, 0.717) is 29.7 Å². The van der Waals surface area contributed by atoms with Gasteiger partial charge in [-0.1, -0.05) is 29.7 Å². The van der Waals surface area contributed by atoms with Crippen LogP contribution in [0.4, 0.5) is 5.69 Å². The second-order valence-corrected chi connectivity index (χ2v) is 7.27. The van der Waals surface area contributed by atoms with Crippen molar-refractivity contribution in [2.45, 2.75) is 32.7 Å². The van der Waals surface area contributed by atoms with Crippen molar-refractivity contribution in [3.8, 4) is 11.4 Å². The van der Waals surface area contributed by atoms with E-state index in [9.17, 15) is 14.9 Å². The largest absolute Gasteiger partial charge is 0.339 e. The number of hydrogen-bond donors (Lipinski definition) is 0. The highest BCUT2D eigenvalue weighted by Gasteiger charge is 2.23. The molecule has 0 saturated carbocycles. The van der Waals surface area contributed by atoms with Crippen LogP contribution in [0.15, 0.2) is 53.1 Å². The second kappa shape index (κ2) is 9.49. The van der Waals surface area contributed by atoms with E-state index in [0.717, 1.165) is 12.0 Å². The molecule has 0 N–H and O–H groups in total. The molecule has 8 nitrogen and oxygen atoms in total. The third-order valence-electron chi connectivity index (χ3n) is 4.82. The summed E-state index contributed by atoms with van der Waals surface area (Å²) in [5.74, 6) is 0.576. The number of rotatable bonds is 8. The number of non-ortho nitro benzene ring substituents is 1. The first-order chi connectivity index (χ1) is 14.4. The molecule has 0 unspecified atom stereocenters. The molecule has 0 aliphatic rings. The lowest BCUT2D eigenvalue weighted by Crippen LogP contribution is -2.39. The van der Waals surface area contributed by atoms with Gasteiger partial charge in [-0.25, -0.2) is 0 Å². The predicted octanol–water partition coefficient (Wildman–Crippen LogP) is 4.78. The van der Waals surface area contributed by atoms with Crippen LogP contribution >= 0.6 is 11.6 Å². The zero-order valence-electron chi connectivity index (χ0n) is 16.6. The van der Waals surface area contributed by atoms with Crippen LogP contribution in [0.1, 0.15) is 36.5 Å². The van der Waals surface area contributed by atoms with E-state index >= 15 is 0 Å². The minimum atomic E-state index is -0.513. The van der Waals surface area contributed by atoms with E-state index in [4.69, 9.17) is 16.1 Å². The lowest BCUT2D eigenvalue weighted by Gasteiger charge is -2.28. The lowest BCUT2D eigenvalue weighted by atomic mass is 10.1. The number of hydrogen-bond acceptors (Lipinski definition) is 6. The van der Waals surface area contributed by atoms with Gasteiger partial charge in [-0.15, -0.1) is 0 Å². The first-order valence-corrected chi connectivity index (χ1v) is 9.90. The van der Waals surface area contributed by atoms with Crippen LogP contribution in [-0.4, -0.2) is 38.5 Å². The molecule has 9 heteroatoms. The van der Waals surface area contributed by atoms with Gasteiger partial charge in [0.05, 0.1) is 4.92 Å². The molecule has 1 aromatic heterocycles. The third-order valence-corrected chi connectivity index (χ3v) is 5.08. The van der Waals surface area contributed by atoms with Gasteiger partial charge in [-0.2, -0.15) is 4.98 Å². The SMILES string of the molecule is CC[C@H](C)N(CCc1nc(-c2ccc(Cl)cc2)no1)C(=O)c1cccc([N+](=O)[O-])c1. The minimum absolute atomic E-state index is 0.0598. The van der Waals surface area contributed by atoms with Crippen LogP contribution in [0.5, 0.6) is 0 Å². The van der Waals surface area contributed by atoms with Gasteiger partial charge in [0.1, 0.15) is 0 Å². The number of amides is 1. The molecule has 0 aliphatic carbocycles. The number of carbonyl (C=O) groups is 1. The Morgan fingerprint density at radius 2 is 2.00 bits per heavy atom. The van der Waals surface area contributed by atoms with Crippen molar-refractivity contribution in [3.63, 3.8) is 0 Å². The van der Waals surface area contributed by atoms with E-state index in [2.05, 4.69) is 10.1 Å².